The van der Waals surface area contributed by atoms with Crippen LogP contribution in [0.2, 0.25) is 0 Å². The van der Waals surface area contributed by atoms with Crippen molar-refractivity contribution in [1.29, 1.82) is 0 Å². The molecule has 0 aliphatic rings. The Morgan fingerprint density at radius 2 is 2.18 bits per heavy atom. The van der Waals surface area contributed by atoms with Crippen molar-refractivity contribution in [1.82, 2.24) is 5.32 Å². The number of hydrogen-bond donors (Lipinski definition) is 4. The molecular formula is C10H13FN4O2. The maximum absolute atomic E-state index is 13.1. The van der Waals surface area contributed by atoms with E-state index in [0.29, 0.717) is 0 Å². The molecule has 0 atom stereocenters. The third-order valence-electron chi connectivity index (χ3n) is 1.92. The van der Waals surface area contributed by atoms with Crippen LogP contribution >= 0.6 is 0 Å². The highest BCUT2D eigenvalue weighted by molar-refractivity contribution is 5.89. The number of amides is 2. The highest BCUT2D eigenvalue weighted by Crippen LogP contribution is 2.11. The Morgan fingerprint density at radius 1 is 1.47 bits per heavy atom. The molecule has 0 aliphatic carbocycles. The second kappa shape index (κ2) is 6.31. The minimum Gasteiger partial charge on any atom is -0.409 e. The van der Waals surface area contributed by atoms with Gasteiger partial charge in [0.2, 0.25) is 0 Å². The zero-order valence-corrected chi connectivity index (χ0v) is 8.98. The molecule has 17 heavy (non-hydrogen) atoms. The maximum atomic E-state index is 13.1. The molecule has 0 unspecified atom stereocenters. The summed E-state index contributed by atoms with van der Waals surface area (Å²) in [6.45, 7) is 0.191. The van der Waals surface area contributed by atoms with Crippen molar-refractivity contribution in [3.8, 4) is 0 Å². The molecule has 5 N–H and O–H groups in total. The molecule has 0 radical (unpaired) electrons. The van der Waals surface area contributed by atoms with Crippen molar-refractivity contribution >= 4 is 17.6 Å². The normalized spacial score (nSPS) is 11.0. The van der Waals surface area contributed by atoms with E-state index < -0.39 is 11.8 Å². The molecule has 6 nitrogen and oxygen atoms in total. The molecule has 0 aromatic heterocycles. The average molecular weight is 240 g/mol. The summed E-state index contributed by atoms with van der Waals surface area (Å²) in [6, 6.07) is 5.26. The minimum absolute atomic E-state index is 0.0104. The highest BCUT2D eigenvalue weighted by atomic mass is 19.1. The zero-order valence-electron chi connectivity index (χ0n) is 8.98. The first kappa shape index (κ1) is 12.8. The largest absolute Gasteiger partial charge is 0.409 e. The summed E-state index contributed by atoms with van der Waals surface area (Å²) in [5, 5.41) is 15.8. The summed E-state index contributed by atoms with van der Waals surface area (Å²) in [7, 11) is 0. The van der Waals surface area contributed by atoms with E-state index in [1.165, 1.54) is 18.2 Å². The summed E-state index contributed by atoms with van der Waals surface area (Å²) >= 11 is 0. The van der Waals surface area contributed by atoms with Gasteiger partial charge in [-0.1, -0.05) is 17.3 Å². The fourth-order valence-electron chi connectivity index (χ4n) is 1.08. The number of nitrogens with one attached hydrogen (secondary N) is 2. The minimum atomic E-state index is -0.555. The quantitative estimate of drug-likeness (QED) is 0.274. The molecule has 1 aromatic carbocycles. The maximum Gasteiger partial charge on any atom is 0.319 e. The van der Waals surface area contributed by atoms with E-state index >= 15 is 0 Å². The Labute approximate surface area is 97.3 Å². The lowest BCUT2D eigenvalue weighted by Gasteiger charge is -2.07. The van der Waals surface area contributed by atoms with Gasteiger partial charge in [-0.25, -0.2) is 9.18 Å². The number of halogens is 1. The molecule has 2 amide bonds. The van der Waals surface area contributed by atoms with Crippen LogP contribution in [0.3, 0.4) is 0 Å². The fourth-order valence-corrected chi connectivity index (χ4v) is 1.08. The van der Waals surface area contributed by atoms with Crippen LogP contribution < -0.4 is 16.4 Å². The predicted octanol–water partition coefficient (Wildman–Crippen LogP) is 1.08. The third kappa shape index (κ3) is 4.37. The van der Waals surface area contributed by atoms with Crippen LogP contribution in [0.15, 0.2) is 29.4 Å². The average Bonchev–Trinajstić information content (AvgIpc) is 2.32. The number of urea groups is 1. The van der Waals surface area contributed by atoms with Gasteiger partial charge in [0.25, 0.3) is 0 Å². The Bertz CT molecular complexity index is 423. The van der Waals surface area contributed by atoms with Crippen LogP contribution in [0.25, 0.3) is 0 Å². The van der Waals surface area contributed by atoms with Crippen LogP contribution in [-0.4, -0.2) is 23.6 Å². The second-order valence-corrected chi connectivity index (χ2v) is 3.20. The molecule has 0 bridgehead atoms. The predicted molar refractivity (Wildman–Crippen MR) is 61.4 cm³/mol. The molecular weight excluding hydrogens is 227 g/mol. The van der Waals surface area contributed by atoms with Crippen molar-refractivity contribution < 1.29 is 14.4 Å². The van der Waals surface area contributed by atoms with Gasteiger partial charge in [-0.2, -0.15) is 0 Å². The third-order valence-corrected chi connectivity index (χ3v) is 1.92. The van der Waals surface area contributed by atoms with Crippen molar-refractivity contribution in [3.05, 3.63) is 30.1 Å². The Balaban J connectivity index is 2.38. The summed E-state index contributed by atoms with van der Waals surface area (Å²) in [4.78, 5) is 11.3. The number of hydrogen-bond acceptors (Lipinski definition) is 3. The van der Waals surface area contributed by atoms with Crippen molar-refractivity contribution in [3.63, 3.8) is 0 Å². The van der Waals surface area contributed by atoms with Gasteiger partial charge in [0.15, 0.2) is 0 Å². The number of carbonyl (C=O) groups excluding carboxylic acids is 1. The van der Waals surface area contributed by atoms with Gasteiger partial charge < -0.3 is 21.6 Å². The Morgan fingerprint density at radius 3 is 2.82 bits per heavy atom. The van der Waals surface area contributed by atoms with Crippen LogP contribution in [0.5, 0.6) is 0 Å². The van der Waals surface area contributed by atoms with E-state index in [4.69, 9.17) is 10.9 Å². The van der Waals surface area contributed by atoms with E-state index in [1.807, 2.05) is 0 Å². The van der Waals surface area contributed by atoms with E-state index in [-0.39, 0.29) is 24.5 Å². The monoisotopic (exact) mass is 240 g/mol. The fraction of sp³-hybridized carbons (Fsp3) is 0.200. The number of para-hydroxylation sites is 1. The van der Waals surface area contributed by atoms with Gasteiger partial charge in [0.1, 0.15) is 11.7 Å². The summed E-state index contributed by atoms with van der Waals surface area (Å²) in [5.74, 6) is -0.504. The molecule has 7 heteroatoms. The summed E-state index contributed by atoms with van der Waals surface area (Å²) in [6.07, 6.45) is 0.210. The second-order valence-electron chi connectivity index (χ2n) is 3.20. The van der Waals surface area contributed by atoms with Crippen molar-refractivity contribution in [2.24, 2.45) is 10.9 Å². The van der Waals surface area contributed by atoms with Crippen molar-refractivity contribution in [2.75, 3.05) is 11.9 Å². The number of benzene rings is 1. The molecule has 0 spiro atoms. The molecule has 0 saturated heterocycles. The molecule has 0 heterocycles. The van der Waals surface area contributed by atoms with E-state index in [1.54, 1.807) is 6.07 Å². The van der Waals surface area contributed by atoms with Gasteiger partial charge in [-0.15, -0.1) is 0 Å². The lowest BCUT2D eigenvalue weighted by Crippen LogP contribution is -2.32. The Hall–Kier alpha value is -2.31. The van der Waals surface area contributed by atoms with Gasteiger partial charge in [-0.05, 0) is 12.1 Å². The zero-order chi connectivity index (χ0) is 12.7. The number of anilines is 1. The number of rotatable bonds is 4. The number of carbonyl (C=O) groups is 1. The lowest BCUT2D eigenvalue weighted by molar-refractivity contribution is 0.252. The molecule has 1 rings (SSSR count). The number of nitrogens with two attached hydrogens (primary N) is 1. The first-order chi connectivity index (χ1) is 8.13. The van der Waals surface area contributed by atoms with Crippen LogP contribution in [0.1, 0.15) is 6.42 Å². The summed E-state index contributed by atoms with van der Waals surface area (Å²) in [5.41, 5.74) is 5.30. The first-order valence-electron chi connectivity index (χ1n) is 4.89. The number of amidine groups is 1. The lowest BCUT2D eigenvalue weighted by atomic mass is 10.3. The van der Waals surface area contributed by atoms with E-state index in [9.17, 15) is 9.18 Å². The van der Waals surface area contributed by atoms with E-state index in [0.717, 1.165) is 0 Å². The highest BCUT2D eigenvalue weighted by Gasteiger charge is 2.05. The molecule has 92 valence electrons. The smallest absolute Gasteiger partial charge is 0.319 e. The molecule has 0 saturated carbocycles. The summed E-state index contributed by atoms with van der Waals surface area (Å²) < 4.78 is 13.1. The molecule has 0 fully saturated rings. The number of oxime groups is 1. The standard InChI is InChI=1S/C10H13FN4O2/c11-7-3-1-2-4-8(7)14-10(16)13-6-5-9(12)15-17/h1-4,17H,5-6H2,(H2,12,15)(H2,13,14,16). The Kier molecular flexibility index (Phi) is 4.74. The number of nitrogens with zero attached hydrogens (tertiary/aromatic N) is 1. The van der Waals surface area contributed by atoms with Gasteiger partial charge in [-0.3, -0.25) is 0 Å². The SMILES string of the molecule is NC(CCNC(=O)Nc1ccccc1F)=NO. The van der Waals surface area contributed by atoms with Crippen LogP contribution in [0.4, 0.5) is 14.9 Å². The van der Waals surface area contributed by atoms with Gasteiger partial charge >= 0.3 is 6.03 Å². The topological polar surface area (TPSA) is 99.7 Å². The molecule has 0 aliphatic heterocycles. The van der Waals surface area contributed by atoms with Crippen LogP contribution in [0, 0.1) is 5.82 Å². The van der Waals surface area contributed by atoms with Gasteiger partial charge in [0, 0.05) is 13.0 Å². The molecule has 1 aromatic rings. The van der Waals surface area contributed by atoms with Crippen LogP contribution in [-0.2, 0) is 0 Å². The van der Waals surface area contributed by atoms with Gasteiger partial charge in [0.05, 0.1) is 5.69 Å². The van der Waals surface area contributed by atoms with Crippen molar-refractivity contribution in [2.45, 2.75) is 6.42 Å². The van der Waals surface area contributed by atoms with E-state index in [2.05, 4.69) is 15.8 Å². The first-order valence-corrected chi connectivity index (χ1v) is 4.89.